The van der Waals surface area contributed by atoms with Crippen molar-refractivity contribution in [3.8, 4) is 11.8 Å². The number of carbonyl (C=O) groups is 2. The summed E-state index contributed by atoms with van der Waals surface area (Å²) in [6, 6.07) is 11.9. The first-order valence-corrected chi connectivity index (χ1v) is 8.16. The molecule has 0 spiro atoms. The van der Waals surface area contributed by atoms with Gasteiger partial charge in [-0.25, -0.2) is 0 Å². The fourth-order valence-corrected chi connectivity index (χ4v) is 2.93. The molecule has 0 aliphatic carbocycles. The summed E-state index contributed by atoms with van der Waals surface area (Å²) in [7, 11) is 1.44. The summed E-state index contributed by atoms with van der Waals surface area (Å²) in [6.07, 6.45) is 1.55. The molecule has 0 saturated carbocycles. The molecule has 6 heteroatoms. The molecule has 0 radical (unpaired) electrons. The second-order valence-corrected chi connectivity index (χ2v) is 6.25. The van der Waals surface area contributed by atoms with Crippen molar-refractivity contribution >= 4 is 17.9 Å². The van der Waals surface area contributed by atoms with Crippen molar-refractivity contribution in [1.29, 1.82) is 5.26 Å². The van der Waals surface area contributed by atoms with Gasteiger partial charge in [0.1, 0.15) is 11.6 Å². The zero-order valence-corrected chi connectivity index (χ0v) is 15.4. The average molecular weight is 350 g/mol. The zero-order chi connectivity index (χ0) is 19.4. The fraction of sp³-hybridized carbons (Fsp3) is 0.250. The Morgan fingerprint density at radius 2 is 1.92 bits per heavy atom. The van der Waals surface area contributed by atoms with Gasteiger partial charge in [0.2, 0.25) is 5.91 Å². The van der Waals surface area contributed by atoms with Gasteiger partial charge >= 0.3 is 0 Å². The summed E-state index contributed by atoms with van der Waals surface area (Å²) >= 11 is 0. The Hall–Kier alpha value is -3.33. The minimum Gasteiger partial charge on any atom is -0.368 e. The van der Waals surface area contributed by atoms with Gasteiger partial charge in [-0.15, -0.1) is 0 Å². The summed E-state index contributed by atoms with van der Waals surface area (Å²) in [5, 5.41) is 9.38. The lowest BCUT2D eigenvalue weighted by Gasteiger charge is -2.14. The maximum atomic E-state index is 12.4. The van der Waals surface area contributed by atoms with Crippen LogP contribution < -0.4 is 5.73 Å². The molecule has 2 rings (SSSR count). The van der Waals surface area contributed by atoms with E-state index in [0.29, 0.717) is 0 Å². The molecule has 0 aliphatic heterocycles. The number of nitrogens with two attached hydrogens (primary N) is 1. The molecule has 1 aromatic heterocycles. The van der Waals surface area contributed by atoms with E-state index < -0.39 is 11.8 Å². The number of likely N-dealkylation sites (N-methyl/N-ethyl adjacent to an activating group) is 1. The van der Waals surface area contributed by atoms with E-state index >= 15 is 0 Å². The third-order valence-electron chi connectivity index (χ3n) is 4.22. The number of carbonyl (C=O) groups excluding carboxylic acids is 2. The van der Waals surface area contributed by atoms with Gasteiger partial charge in [0.05, 0.1) is 6.54 Å². The van der Waals surface area contributed by atoms with Gasteiger partial charge in [0.15, 0.2) is 0 Å². The Bertz CT molecular complexity index is 932. The number of aromatic nitrogens is 1. The summed E-state index contributed by atoms with van der Waals surface area (Å²) in [5.74, 6) is -1.16. The van der Waals surface area contributed by atoms with Crippen LogP contribution in [-0.4, -0.2) is 34.9 Å². The molecule has 2 N–H and O–H groups in total. The number of nitriles is 1. The summed E-state index contributed by atoms with van der Waals surface area (Å²) in [4.78, 5) is 24.5. The van der Waals surface area contributed by atoms with E-state index in [9.17, 15) is 14.9 Å². The molecular weight excluding hydrogens is 328 g/mol. The van der Waals surface area contributed by atoms with Gasteiger partial charge in [0, 0.05) is 24.1 Å². The highest BCUT2D eigenvalue weighted by atomic mass is 16.2. The normalized spacial score (nSPS) is 11.1. The zero-order valence-electron chi connectivity index (χ0n) is 15.4. The third kappa shape index (κ3) is 3.83. The first-order chi connectivity index (χ1) is 12.3. The second-order valence-electron chi connectivity index (χ2n) is 6.25. The number of hydrogen-bond acceptors (Lipinski definition) is 3. The van der Waals surface area contributed by atoms with Crippen LogP contribution in [0.25, 0.3) is 11.8 Å². The van der Waals surface area contributed by atoms with Crippen LogP contribution in [0.2, 0.25) is 0 Å². The highest BCUT2D eigenvalue weighted by Crippen LogP contribution is 2.25. The van der Waals surface area contributed by atoms with Crippen LogP contribution >= 0.6 is 0 Å². The van der Waals surface area contributed by atoms with E-state index in [1.54, 1.807) is 6.08 Å². The van der Waals surface area contributed by atoms with Gasteiger partial charge in [-0.3, -0.25) is 9.59 Å². The Morgan fingerprint density at radius 1 is 1.27 bits per heavy atom. The topological polar surface area (TPSA) is 92.1 Å². The number of rotatable bonds is 5. The predicted octanol–water partition coefficient (Wildman–Crippen LogP) is 2.25. The molecule has 0 atom stereocenters. The van der Waals surface area contributed by atoms with E-state index in [2.05, 4.69) is 4.57 Å². The molecule has 0 unspecified atom stereocenters. The molecule has 0 fully saturated rings. The van der Waals surface area contributed by atoms with Crippen LogP contribution in [0, 0.1) is 32.1 Å². The number of hydrogen-bond donors (Lipinski definition) is 1. The minimum atomic E-state index is -0.629. The molecule has 0 bridgehead atoms. The quantitative estimate of drug-likeness (QED) is 0.662. The van der Waals surface area contributed by atoms with Crippen molar-refractivity contribution < 1.29 is 9.59 Å². The molecule has 2 amide bonds. The van der Waals surface area contributed by atoms with Crippen LogP contribution in [0.3, 0.4) is 0 Å². The van der Waals surface area contributed by atoms with Crippen molar-refractivity contribution in [1.82, 2.24) is 9.47 Å². The summed E-state index contributed by atoms with van der Waals surface area (Å²) < 4.78 is 2.09. The molecule has 26 heavy (non-hydrogen) atoms. The van der Waals surface area contributed by atoms with Crippen molar-refractivity contribution in [2.75, 3.05) is 13.6 Å². The highest BCUT2D eigenvalue weighted by molar-refractivity contribution is 6.02. The van der Waals surface area contributed by atoms with Crippen molar-refractivity contribution in [3.63, 3.8) is 0 Å². The van der Waals surface area contributed by atoms with Crippen LogP contribution in [0.5, 0.6) is 0 Å². The summed E-state index contributed by atoms with van der Waals surface area (Å²) in [6.45, 7) is 5.72. The van der Waals surface area contributed by atoms with E-state index in [1.165, 1.54) is 7.05 Å². The Balaban J connectivity index is 2.46. The maximum Gasteiger partial charge on any atom is 0.264 e. The van der Waals surface area contributed by atoms with E-state index in [-0.39, 0.29) is 12.1 Å². The first-order valence-electron chi connectivity index (χ1n) is 8.16. The standard InChI is InChI=1S/C20H22N4O2/c1-13-7-5-6-8-18(13)24-14(2)9-16(15(24)3)10-17(11-21)20(26)23(4)12-19(22)25/h5-10H,12H2,1-4H3,(H2,22,25). The largest absolute Gasteiger partial charge is 0.368 e. The molecule has 6 nitrogen and oxygen atoms in total. The molecule has 1 aromatic carbocycles. The van der Waals surface area contributed by atoms with Gasteiger partial charge in [-0.2, -0.15) is 5.26 Å². The van der Waals surface area contributed by atoms with Crippen LogP contribution in [0.15, 0.2) is 35.9 Å². The van der Waals surface area contributed by atoms with E-state index in [1.807, 2.05) is 57.2 Å². The number of para-hydroxylation sites is 1. The van der Waals surface area contributed by atoms with Crippen molar-refractivity contribution in [2.24, 2.45) is 5.73 Å². The monoisotopic (exact) mass is 350 g/mol. The smallest absolute Gasteiger partial charge is 0.264 e. The van der Waals surface area contributed by atoms with E-state index in [0.717, 1.165) is 33.1 Å². The first kappa shape index (κ1) is 19.0. The molecule has 2 aromatic rings. The number of aryl methyl sites for hydroxylation is 2. The van der Waals surface area contributed by atoms with Gasteiger partial charge < -0.3 is 15.2 Å². The highest BCUT2D eigenvalue weighted by Gasteiger charge is 2.18. The van der Waals surface area contributed by atoms with Crippen molar-refractivity contribution in [3.05, 3.63) is 58.4 Å². The summed E-state index contributed by atoms with van der Waals surface area (Å²) in [5.41, 5.74) is 9.96. The van der Waals surface area contributed by atoms with Crippen LogP contribution in [-0.2, 0) is 9.59 Å². The average Bonchev–Trinajstić information content (AvgIpc) is 2.85. The Kier molecular flexibility index (Phi) is 5.63. The lowest BCUT2D eigenvalue weighted by atomic mass is 10.1. The fourth-order valence-electron chi connectivity index (χ4n) is 2.93. The van der Waals surface area contributed by atoms with Crippen LogP contribution in [0.1, 0.15) is 22.5 Å². The number of benzene rings is 1. The lowest BCUT2D eigenvalue weighted by Crippen LogP contribution is -2.35. The second kappa shape index (κ2) is 7.70. The van der Waals surface area contributed by atoms with Gasteiger partial charge in [-0.05, 0) is 50.1 Å². The number of primary amides is 1. The molecule has 0 saturated heterocycles. The Labute approximate surface area is 153 Å². The predicted molar refractivity (Wildman–Crippen MR) is 100 cm³/mol. The molecule has 1 heterocycles. The minimum absolute atomic E-state index is 0.0428. The van der Waals surface area contributed by atoms with Crippen LogP contribution in [0.4, 0.5) is 0 Å². The van der Waals surface area contributed by atoms with Gasteiger partial charge in [0.25, 0.3) is 5.91 Å². The lowest BCUT2D eigenvalue weighted by molar-refractivity contribution is -0.130. The number of nitrogens with zero attached hydrogens (tertiary/aromatic N) is 3. The van der Waals surface area contributed by atoms with Crippen molar-refractivity contribution in [2.45, 2.75) is 20.8 Å². The molecular formula is C20H22N4O2. The van der Waals surface area contributed by atoms with E-state index in [4.69, 9.17) is 5.73 Å². The number of amides is 2. The SMILES string of the molecule is Cc1ccccc1-n1c(C)cc(C=C(C#N)C(=O)N(C)CC(N)=O)c1C. The maximum absolute atomic E-state index is 12.4. The molecule has 0 aliphatic rings. The Morgan fingerprint density at radius 3 is 2.50 bits per heavy atom. The third-order valence-corrected chi connectivity index (χ3v) is 4.22. The van der Waals surface area contributed by atoms with Gasteiger partial charge in [-0.1, -0.05) is 18.2 Å². The molecule has 134 valence electrons.